The van der Waals surface area contributed by atoms with Crippen LogP contribution in [0.2, 0.25) is 0 Å². The first-order chi connectivity index (χ1) is 10.1. The van der Waals surface area contributed by atoms with E-state index < -0.39 is 5.97 Å². The molecule has 4 nitrogen and oxygen atoms in total. The number of aryl methyl sites for hydroxylation is 1. The molecule has 0 amide bonds. The Morgan fingerprint density at radius 2 is 1.81 bits per heavy atom. The number of carboxylic acids is 1. The van der Waals surface area contributed by atoms with Crippen LogP contribution in [0, 0.1) is 0 Å². The molecule has 106 valence electrons. The first-order valence-electron chi connectivity index (χ1n) is 6.57. The molecule has 0 unspecified atom stereocenters. The number of fused-ring (bicyclic) bond motifs is 1. The molecule has 1 N–H and O–H groups in total. The van der Waals surface area contributed by atoms with E-state index in [9.17, 15) is 9.59 Å². The zero-order valence-electron chi connectivity index (χ0n) is 11.2. The van der Waals surface area contributed by atoms with Crippen molar-refractivity contribution in [2.24, 2.45) is 0 Å². The zero-order valence-corrected chi connectivity index (χ0v) is 12.9. The molecule has 0 bridgehead atoms. The fourth-order valence-electron chi connectivity index (χ4n) is 2.19. The molecule has 3 aromatic rings. The Labute approximate surface area is 127 Å². The van der Waals surface area contributed by atoms with Gasteiger partial charge < -0.3 is 0 Å². The van der Waals surface area contributed by atoms with Gasteiger partial charge in [-0.3, -0.25) is 0 Å². The van der Waals surface area contributed by atoms with Crippen LogP contribution in [0.4, 0.5) is 0 Å². The van der Waals surface area contributed by atoms with Crippen molar-refractivity contribution in [2.45, 2.75) is 12.8 Å². The molecule has 5 heteroatoms. The van der Waals surface area contributed by atoms with Crippen molar-refractivity contribution in [3.8, 4) is 5.69 Å². The van der Waals surface area contributed by atoms with E-state index in [-0.39, 0.29) is 26.7 Å². The van der Waals surface area contributed by atoms with Crippen LogP contribution < -0.4 is 5.56 Å². The van der Waals surface area contributed by atoms with E-state index in [1.807, 2.05) is 48.5 Å². The summed E-state index contributed by atoms with van der Waals surface area (Å²) >= 11 is -0.0315. The number of aromatic nitrogens is 1. The quantitative estimate of drug-likeness (QED) is 0.736. The Kier molecular flexibility index (Phi) is 3.77. The van der Waals surface area contributed by atoms with Crippen LogP contribution in [0.1, 0.15) is 12.0 Å². The third-order valence-electron chi connectivity index (χ3n) is 3.29. The summed E-state index contributed by atoms with van der Waals surface area (Å²) in [6, 6.07) is 15.3. The van der Waals surface area contributed by atoms with Crippen LogP contribution >= 0.6 is 0 Å². The Morgan fingerprint density at radius 1 is 1.10 bits per heavy atom. The third-order valence-corrected chi connectivity index (χ3v) is 5.62. The first-order valence-corrected chi connectivity index (χ1v) is 8.19. The molecular formula is C16H13NO3Se. The standard InChI is InChI=1S/C16H13NO3Se/c18-15(19)10-7-11-5-8-12(9-6-11)17-16(20)13-3-1-2-4-14(13)21-17/h1-6,8-9H,7,10H2,(H,18,19). The summed E-state index contributed by atoms with van der Waals surface area (Å²) in [6.07, 6.45) is 0.631. The van der Waals surface area contributed by atoms with E-state index in [2.05, 4.69) is 0 Å². The number of hydrogen-bond acceptors (Lipinski definition) is 2. The second-order valence-corrected chi connectivity index (χ2v) is 6.82. The molecule has 0 saturated carbocycles. The predicted molar refractivity (Wildman–Crippen MR) is 82.4 cm³/mol. The third kappa shape index (κ3) is 2.84. The van der Waals surface area contributed by atoms with Crippen molar-refractivity contribution in [3.63, 3.8) is 0 Å². The van der Waals surface area contributed by atoms with Gasteiger partial charge in [-0.05, 0) is 0 Å². The minimum atomic E-state index is -0.799. The molecule has 0 fully saturated rings. The molecule has 2 aromatic carbocycles. The van der Waals surface area contributed by atoms with E-state index in [4.69, 9.17) is 5.11 Å². The summed E-state index contributed by atoms with van der Waals surface area (Å²) in [7, 11) is 0. The maximum atomic E-state index is 12.4. The monoisotopic (exact) mass is 347 g/mol. The topological polar surface area (TPSA) is 59.3 Å². The van der Waals surface area contributed by atoms with Gasteiger partial charge in [-0.2, -0.15) is 0 Å². The average Bonchev–Trinajstić information content (AvgIpc) is 2.83. The molecule has 1 aromatic heterocycles. The van der Waals surface area contributed by atoms with Crippen LogP contribution in [0.3, 0.4) is 0 Å². The van der Waals surface area contributed by atoms with E-state index in [0.29, 0.717) is 6.42 Å². The summed E-state index contributed by atoms with van der Waals surface area (Å²) in [5, 5.41) is 9.47. The number of rotatable bonds is 4. The van der Waals surface area contributed by atoms with Gasteiger partial charge in [0.2, 0.25) is 0 Å². The maximum absolute atomic E-state index is 12.4. The summed E-state index contributed by atoms with van der Waals surface area (Å²) in [5.41, 5.74) is 1.89. The van der Waals surface area contributed by atoms with Crippen LogP contribution in [0.5, 0.6) is 0 Å². The number of hydrogen-bond donors (Lipinski definition) is 1. The molecule has 0 spiro atoms. The predicted octanol–water partition coefficient (Wildman–Crippen LogP) is 2.06. The Morgan fingerprint density at radius 3 is 2.48 bits per heavy atom. The molecule has 0 aliphatic heterocycles. The van der Waals surface area contributed by atoms with E-state index in [1.54, 1.807) is 3.56 Å². The minimum absolute atomic E-state index is 0.0315. The van der Waals surface area contributed by atoms with Gasteiger partial charge in [0.1, 0.15) is 0 Å². The van der Waals surface area contributed by atoms with Crippen molar-refractivity contribution in [1.82, 2.24) is 3.56 Å². The van der Waals surface area contributed by atoms with Crippen molar-refractivity contribution < 1.29 is 9.90 Å². The Balaban J connectivity index is 1.94. The van der Waals surface area contributed by atoms with Gasteiger partial charge in [0.15, 0.2) is 0 Å². The number of nitrogens with zero attached hydrogens (tertiary/aromatic N) is 1. The van der Waals surface area contributed by atoms with Crippen LogP contribution in [0.25, 0.3) is 15.3 Å². The van der Waals surface area contributed by atoms with Gasteiger partial charge >= 0.3 is 127 Å². The summed E-state index contributed by atoms with van der Waals surface area (Å²) in [6.45, 7) is 0. The number of benzene rings is 2. The molecule has 3 rings (SSSR count). The van der Waals surface area contributed by atoms with Gasteiger partial charge in [-0.15, -0.1) is 0 Å². The van der Waals surface area contributed by atoms with Gasteiger partial charge in [-0.25, -0.2) is 0 Å². The normalized spacial score (nSPS) is 10.9. The summed E-state index contributed by atoms with van der Waals surface area (Å²) < 4.78 is 2.91. The number of carbonyl (C=O) groups is 1. The van der Waals surface area contributed by atoms with E-state index in [1.165, 1.54) is 0 Å². The fourth-order valence-corrected chi connectivity index (χ4v) is 4.29. The Bertz CT molecular complexity index is 846. The van der Waals surface area contributed by atoms with Crippen molar-refractivity contribution in [2.75, 3.05) is 0 Å². The van der Waals surface area contributed by atoms with Crippen molar-refractivity contribution in [3.05, 3.63) is 64.4 Å². The van der Waals surface area contributed by atoms with Gasteiger partial charge in [0.05, 0.1) is 0 Å². The zero-order chi connectivity index (χ0) is 14.8. The molecule has 0 atom stereocenters. The van der Waals surface area contributed by atoms with Gasteiger partial charge in [0.25, 0.3) is 0 Å². The molecule has 0 aliphatic rings. The van der Waals surface area contributed by atoms with Crippen LogP contribution in [-0.2, 0) is 11.2 Å². The van der Waals surface area contributed by atoms with Crippen LogP contribution in [0.15, 0.2) is 53.3 Å². The second-order valence-electron chi connectivity index (χ2n) is 4.75. The van der Waals surface area contributed by atoms with Gasteiger partial charge in [0, 0.05) is 0 Å². The van der Waals surface area contributed by atoms with Crippen LogP contribution in [-0.4, -0.2) is 29.4 Å². The molecular weight excluding hydrogens is 333 g/mol. The fraction of sp³-hybridized carbons (Fsp3) is 0.125. The second kappa shape index (κ2) is 5.72. The Hall–Kier alpha value is -2.10. The van der Waals surface area contributed by atoms with E-state index in [0.717, 1.165) is 20.9 Å². The van der Waals surface area contributed by atoms with Crippen molar-refractivity contribution >= 4 is 30.3 Å². The van der Waals surface area contributed by atoms with Crippen molar-refractivity contribution in [1.29, 1.82) is 0 Å². The first kappa shape index (κ1) is 13.9. The summed E-state index contributed by atoms with van der Waals surface area (Å²) in [5.74, 6) is -0.799. The van der Waals surface area contributed by atoms with Gasteiger partial charge in [-0.1, -0.05) is 0 Å². The van der Waals surface area contributed by atoms with E-state index >= 15 is 0 Å². The molecule has 0 aliphatic carbocycles. The number of carboxylic acid groups (broad SMARTS) is 1. The molecule has 0 saturated heterocycles. The average molecular weight is 346 g/mol. The number of aliphatic carboxylic acids is 1. The molecule has 21 heavy (non-hydrogen) atoms. The molecule has 0 radical (unpaired) electrons. The SMILES string of the molecule is O=C(O)CCc1ccc(-n2[se]c3ccccc3c2=O)cc1. The summed E-state index contributed by atoms with van der Waals surface area (Å²) in [4.78, 5) is 22.9. The molecule has 1 heterocycles.